The number of halogens is 3. The molecule has 0 aliphatic rings. The molecule has 36 heavy (non-hydrogen) atoms. The molecular weight excluding hydrogens is 522 g/mol. The lowest BCUT2D eigenvalue weighted by atomic mass is 10.2. The fraction of sp³-hybridized carbons (Fsp3) is 0.429. The Kier molecular flexibility index (Phi) is 8.98. The number of benzene rings is 1. The maximum atomic E-state index is 13.4. The number of methoxy groups -OCH3 is 3. The zero-order valence-electron chi connectivity index (χ0n) is 19.9. The second-order valence-corrected chi connectivity index (χ2v) is 9.96. The summed E-state index contributed by atoms with van der Waals surface area (Å²) in [5, 5.41) is 6.96. The smallest absolute Gasteiger partial charge is 0.243 e. The lowest BCUT2D eigenvalue weighted by Gasteiger charge is -2.22. The molecule has 0 fully saturated rings. The van der Waals surface area contributed by atoms with E-state index in [2.05, 4.69) is 24.9 Å². The quantitative estimate of drug-likeness (QED) is 0.363. The molecule has 2 atom stereocenters. The molecule has 196 valence electrons. The number of nitrogens with zero attached hydrogens (tertiary/aromatic N) is 5. The van der Waals surface area contributed by atoms with Gasteiger partial charge < -0.3 is 14.2 Å². The molecule has 0 radical (unpaired) electrons. The predicted molar refractivity (Wildman–Crippen MR) is 128 cm³/mol. The highest BCUT2D eigenvalue weighted by molar-refractivity contribution is 7.93. The van der Waals surface area contributed by atoms with E-state index in [0.717, 1.165) is 0 Å². The van der Waals surface area contributed by atoms with Crippen LogP contribution in [0.5, 0.6) is 11.5 Å². The van der Waals surface area contributed by atoms with Crippen molar-refractivity contribution >= 4 is 27.6 Å². The first-order chi connectivity index (χ1) is 17.1. The number of aryl methyl sites for hydroxylation is 1. The van der Waals surface area contributed by atoms with Crippen molar-refractivity contribution in [2.45, 2.75) is 37.5 Å². The van der Waals surface area contributed by atoms with E-state index < -0.39 is 34.2 Å². The summed E-state index contributed by atoms with van der Waals surface area (Å²) in [7, 11) is -0.0820. The van der Waals surface area contributed by atoms with E-state index in [0.29, 0.717) is 0 Å². The Bertz CT molecular complexity index is 1250. The zero-order chi connectivity index (χ0) is 26.5. The van der Waals surface area contributed by atoms with E-state index in [-0.39, 0.29) is 46.2 Å². The first kappa shape index (κ1) is 27.5. The number of hydrogen-bond acceptors (Lipinski definition) is 9. The molecule has 0 saturated carbocycles. The molecule has 0 aliphatic heterocycles. The molecule has 0 amide bonds. The number of rotatable bonds is 12. The van der Waals surface area contributed by atoms with E-state index >= 15 is 0 Å². The molecule has 3 aromatic rings. The Balaban J connectivity index is 2.06. The van der Waals surface area contributed by atoms with E-state index in [1.807, 2.05) is 0 Å². The van der Waals surface area contributed by atoms with Gasteiger partial charge in [-0.3, -0.25) is 9.29 Å². The zero-order valence-corrected chi connectivity index (χ0v) is 21.4. The number of anilines is 1. The van der Waals surface area contributed by atoms with Crippen molar-refractivity contribution in [3.8, 4) is 17.2 Å². The summed E-state index contributed by atoms with van der Waals surface area (Å²) in [5.74, 6) is 0.495. The number of alkyl halides is 2. The van der Waals surface area contributed by atoms with Gasteiger partial charge in [0.25, 0.3) is 0 Å². The van der Waals surface area contributed by atoms with Crippen molar-refractivity contribution in [1.82, 2.24) is 24.7 Å². The van der Waals surface area contributed by atoms with Gasteiger partial charge in [0, 0.05) is 32.3 Å². The van der Waals surface area contributed by atoms with Gasteiger partial charge >= 0.3 is 0 Å². The lowest BCUT2D eigenvalue weighted by molar-refractivity contribution is 0.0950. The third kappa shape index (κ3) is 5.99. The van der Waals surface area contributed by atoms with E-state index in [1.165, 1.54) is 45.2 Å². The molecule has 0 saturated heterocycles. The first-order valence-electron chi connectivity index (χ1n) is 10.6. The highest BCUT2D eigenvalue weighted by Gasteiger charge is 2.35. The molecule has 15 heteroatoms. The van der Waals surface area contributed by atoms with Gasteiger partial charge in [0.15, 0.2) is 5.82 Å². The van der Waals surface area contributed by atoms with Crippen LogP contribution in [0.2, 0.25) is 5.02 Å². The molecular formula is C21H25ClF2N6O5S. The minimum atomic E-state index is -4.21. The van der Waals surface area contributed by atoms with Crippen LogP contribution in [-0.4, -0.2) is 66.2 Å². The fourth-order valence-electron chi connectivity index (χ4n) is 3.43. The van der Waals surface area contributed by atoms with Crippen molar-refractivity contribution in [3.05, 3.63) is 47.3 Å². The van der Waals surface area contributed by atoms with E-state index in [9.17, 15) is 17.2 Å². The molecule has 3 rings (SSSR count). The van der Waals surface area contributed by atoms with Crippen molar-refractivity contribution in [3.63, 3.8) is 0 Å². The van der Waals surface area contributed by atoms with E-state index in [4.69, 9.17) is 25.8 Å². The van der Waals surface area contributed by atoms with Gasteiger partial charge in [0.05, 0.1) is 19.2 Å². The standard InChI is InChI=1S/C21H25ClF2N6O5S/c1-12(19(35-4)20-25-10-13(22)11-26-20)36(31,32)29-21-28-27-17(9-8-16(23)24)30(21)18-14(33-2)6-5-7-15(18)34-3/h5-7,10-12,16,19H,8-9H2,1-4H3,(H,28,29)/t12-,19-/m0/s1. The Hall–Kier alpha value is -3.10. The van der Waals surface area contributed by atoms with Gasteiger partial charge in [-0.1, -0.05) is 17.7 Å². The van der Waals surface area contributed by atoms with Crippen LogP contribution in [0.3, 0.4) is 0 Å². The molecule has 0 bridgehead atoms. The van der Waals surface area contributed by atoms with Crippen LogP contribution in [0.25, 0.3) is 5.69 Å². The number of para-hydroxylation sites is 1. The third-order valence-corrected chi connectivity index (χ3v) is 7.13. The van der Waals surface area contributed by atoms with E-state index in [1.54, 1.807) is 18.2 Å². The molecule has 1 aromatic carbocycles. The maximum Gasteiger partial charge on any atom is 0.243 e. The van der Waals surface area contributed by atoms with Crippen LogP contribution in [0.1, 0.15) is 31.1 Å². The normalized spacial score (nSPS) is 13.4. The van der Waals surface area contributed by atoms with Crippen molar-refractivity contribution in [1.29, 1.82) is 0 Å². The summed E-state index contributed by atoms with van der Waals surface area (Å²) >= 11 is 5.83. The molecule has 1 N–H and O–H groups in total. The largest absolute Gasteiger partial charge is 0.494 e. The minimum Gasteiger partial charge on any atom is -0.494 e. The van der Waals surface area contributed by atoms with Gasteiger partial charge in [0.2, 0.25) is 22.4 Å². The van der Waals surface area contributed by atoms with Crippen LogP contribution in [0, 0.1) is 0 Å². The summed E-state index contributed by atoms with van der Waals surface area (Å²) in [5.41, 5.74) is 0.242. The highest BCUT2D eigenvalue weighted by Crippen LogP contribution is 2.36. The van der Waals surface area contributed by atoms with Gasteiger partial charge in [0.1, 0.15) is 34.4 Å². The topological polar surface area (TPSA) is 130 Å². The summed E-state index contributed by atoms with van der Waals surface area (Å²) in [6.07, 6.45) is -1.72. The highest BCUT2D eigenvalue weighted by atomic mass is 35.5. The maximum absolute atomic E-state index is 13.4. The number of ether oxygens (including phenoxy) is 3. The number of sulfonamides is 1. The van der Waals surface area contributed by atoms with Crippen LogP contribution in [0.15, 0.2) is 30.6 Å². The SMILES string of the molecule is COc1cccc(OC)c1-n1c(CCC(F)F)nnc1NS(=O)(=O)[C@@H](C)[C@H](OC)c1ncc(Cl)cn1. The van der Waals surface area contributed by atoms with Crippen LogP contribution >= 0.6 is 11.6 Å². The molecule has 0 unspecified atom stereocenters. The molecule has 0 aliphatic carbocycles. The lowest BCUT2D eigenvalue weighted by Crippen LogP contribution is -2.33. The fourth-order valence-corrected chi connectivity index (χ4v) is 4.66. The van der Waals surface area contributed by atoms with Crippen LogP contribution in [0.4, 0.5) is 14.7 Å². The average Bonchev–Trinajstić information content (AvgIpc) is 3.24. The van der Waals surface area contributed by atoms with Gasteiger partial charge in [-0.2, -0.15) is 0 Å². The first-order valence-corrected chi connectivity index (χ1v) is 12.5. The van der Waals surface area contributed by atoms with Crippen molar-refractivity contribution in [2.75, 3.05) is 26.1 Å². The van der Waals surface area contributed by atoms with Gasteiger partial charge in [-0.25, -0.2) is 27.2 Å². The van der Waals surface area contributed by atoms with Gasteiger partial charge in [-0.05, 0) is 19.1 Å². The number of hydrogen-bond donors (Lipinski definition) is 1. The average molecular weight is 547 g/mol. The molecule has 2 heterocycles. The Morgan fingerprint density at radius 1 is 1.08 bits per heavy atom. The van der Waals surface area contributed by atoms with Crippen LogP contribution in [-0.2, 0) is 21.2 Å². The number of aromatic nitrogens is 5. The summed E-state index contributed by atoms with van der Waals surface area (Å²) < 4.78 is 72.6. The Labute approximate surface area is 211 Å². The van der Waals surface area contributed by atoms with Crippen molar-refractivity contribution in [2.24, 2.45) is 0 Å². The molecule has 11 nitrogen and oxygen atoms in total. The molecule has 0 spiro atoms. The minimum absolute atomic E-state index is 0.0766. The Morgan fingerprint density at radius 3 is 2.22 bits per heavy atom. The summed E-state index contributed by atoms with van der Waals surface area (Å²) in [4.78, 5) is 8.10. The molecule has 2 aromatic heterocycles. The second kappa shape index (κ2) is 11.8. The predicted octanol–water partition coefficient (Wildman–Crippen LogP) is 3.44. The second-order valence-electron chi connectivity index (χ2n) is 7.48. The summed E-state index contributed by atoms with van der Waals surface area (Å²) in [6, 6.07) is 4.87. The van der Waals surface area contributed by atoms with Crippen molar-refractivity contribution < 1.29 is 31.4 Å². The Morgan fingerprint density at radius 2 is 1.69 bits per heavy atom. The number of nitrogens with one attached hydrogen (secondary N) is 1. The van der Waals surface area contributed by atoms with Gasteiger partial charge in [-0.15, -0.1) is 10.2 Å². The third-order valence-electron chi connectivity index (χ3n) is 5.24. The summed E-state index contributed by atoms with van der Waals surface area (Å²) in [6.45, 7) is 1.40. The monoisotopic (exact) mass is 546 g/mol. The van der Waals surface area contributed by atoms with Crippen LogP contribution < -0.4 is 14.2 Å².